The third-order valence-electron chi connectivity index (χ3n) is 3.92. The maximum atomic E-state index is 12.7. The van der Waals surface area contributed by atoms with Crippen LogP contribution >= 0.6 is 15.9 Å². The van der Waals surface area contributed by atoms with Crippen molar-refractivity contribution in [2.75, 3.05) is 5.32 Å². The lowest BCUT2D eigenvalue weighted by molar-refractivity contribution is 0.102. The van der Waals surface area contributed by atoms with Crippen LogP contribution in [-0.2, 0) is 0 Å². The molecule has 2 heterocycles. The molecule has 0 aliphatic rings. The zero-order valence-corrected chi connectivity index (χ0v) is 14.8. The van der Waals surface area contributed by atoms with Crippen molar-refractivity contribution in [3.8, 4) is 11.3 Å². The number of para-hydroxylation sites is 1. The monoisotopic (exact) mass is 391 g/mol. The number of amides is 1. The van der Waals surface area contributed by atoms with E-state index in [1.165, 1.54) is 0 Å². The number of nitrogens with one attached hydrogen (secondary N) is 1. The van der Waals surface area contributed by atoms with Gasteiger partial charge in [-0.1, -0.05) is 42.5 Å². The van der Waals surface area contributed by atoms with Crippen LogP contribution in [0.15, 0.2) is 83.6 Å². The Morgan fingerprint density at radius 2 is 1.68 bits per heavy atom. The lowest BCUT2D eigenvalue weighted by atomic mass is 10.0. The van der Waals surface area contributed by atoms with Gasteiger partial charge in [0.25, 0.3) is 5.91 Å². The molecule has 0 saturated carbocycles. The summed E-state index contributed by atoms with van der Waals surface area (Å²) in [4.78, 5) is 17.4. The molecule has 2 aromatic carbocycles. The molecule has 0 saturated heterocycles. The molecule has 1 N–H and O–H groups in total. The molecule has 0 bridgehead atoms. The van der Waals surface area contributed by atoms with Crippen molar-refractivity contribution in [2.24, 2.45) is 0 Å². The first kappa shape index (κ1) is 15.6. The molecule has 0 spiro atoms. The number of anilines is 1. The van der Waals surface area contributed by atoms with E-state index >= 15 is 0 Å². The standard InChI is InChI=1S/C20H14BrN3O/c21-18-11-6-12-19-23-17(13-24(18)19)15-9-4-5-10-16(15)20(25)22-14-7-2-1-3-8-14/h1-13H,(H,22,25). The van der Waals surface area contributed by atoms with Crippen molar-refractivity contribution in [2.45, 2.75) is 0 Å². The zero-order valence-electron chi connectivity index (χ0n) is 13.2. The molecule has 5 heteroatoms. The second-order valence-electron chi connectivity index (χ2n) is 5.57. The van der Waals surface area contributed by atoms with Gasteiger partial charge in [0.2, 0.25) is 0 Å². The van der Waals surface area contributed by atoms with Crippen LogP contribution in [0.2, 0.25) is 0 Å². The van der Waals surface area contributed by atoms with Crippen molar-refractivity contribution in [1.82, 2.24) is 9.38 Å². The molecule has 4 rings (SSSR count). The second kappa shape index (κ2) is 6.53. The van der Waals surface area contributed by atoms with Crippen LogP contribution in [0.1, 0.15) is 10.4 Å². The molecule has 0 unspecified atom stereocenters. The van der Waals surface area contributed by atoms with Crippen molar-refractivity contribution >= 4 is 33.2 Å². The van der Waals surface area contributed by atoms with Crippen LogP contribution < -0.4 is 5.32 Å². The molecule has 122 valence electrons. The number of fused-ring (bicyclic) bond motifs is 1. The van der Waals surface area contributed by atoms with Gasteiger partial charge in [0.1, 0.15) is 5.65 Å². The molecule has 2 aromatic heterocycles. The summed E-state index contributed by atoms with van der Waals surface area (Å²) in [5.74, 6) is -0.155. The van der Waals surface area contributed by atoms with Gasteiger partial charge in [-0.2, -0.15) is 0 Å². The van der Waals surface area contributed by atoms with Gasteiger partial charge in [0.05, 0.1) is 10.3 Å². The first-order valence-electron chi connectivity index (χ1n) is 7.82. The third-order valence-corrected chi connectivity index (χ3v) is 4.57. The highest BCUT2D eigenvalue weighted by Crippen LogP contribution is 2.26. The Morgan fingerprint density at radius 3 is 2.48 bits per heavy atom. The summed E-state index contributed by atoms with van der Waals surface area (Å²) < 4.78 is 2.86. The quantitative estimate of drug-likeness (QED) is 0.498. The highest BCUT2D eigenvalue weighted by Gasteiger charge is 2.15. The minimum absolute atomic E-state index is 0.155. The van der Waals surface area contributed by atoms with Crippen LogP contribution in [-0.4, -0.2) is 15.3 Å². The highest BCUT2D eigenvalue weighted by atomic mass is 79.9. The van der Waals surface area contributed by atoms with Gasteiger partial charge in [-0.15, -0.1) is 0 Å². The Kier molecular flexibility index (Phi) is 4.07. The summed E-state index contributed by atoms with van der Waals surface area (Å²) in [5.41, 5.74) is 3.73. The molecule has 4 aromatic rings. The van der Waals surface area contributed by atoms with E-state index in [-0.39, 0.29) is 5.91 Å². The smallest absolute Gasteiger partial charge is 0.256 e. The fourth-order valence-electron chi connectivity index (χ4n) is 2.73. The maximum Gasteiger partial charge on any atom is 0.256 e. The van der Waals surface area contributed by atoms with E-state index in [9.17, 15) is 4.79 Å². The Balaban J connectivity index is 1.75. The Bertz CT molecular complexity index is 1060. The first-order valence-corrected chi connectivity index (χ1v) is 8.61. The first-order chi connectivity index (χ1) is 12.2. The molecule has 0 radical (unpaired) electrons. The zero-order chi connectivity index (χ0) is 17.2. The molecular formula is C20H14BrN3O. The molecule has 4 nitrogen and oxygen atoms in total. The normalized spacial score (nSPS) is 10.8. The summed E-state index contributed by atoms with van der Waals surface area (Å²) in [6.45, 7) is 0. The van der Waals surface area contributed by atoms with Gasteiger partial charge >= 0.3 is 0 Å². The van der Waals surface area contributed by atoms with Crippen molar-refractivity contribution < 1.29 is 4.79 Å². The number of aromatic nitrogens is 2. The van der Waals surface area contributed by atoms with Gasteiger partial charge in [0.15, 0.2) is 0 Å². The number of hydrogen-bond donors (Lipinski definition) is 1. The number of nitrogens with zero attached hydrogens (tertiary/aromatic N) is 2. The molecule has 0 aliphatic carbocycles. The van der Waals surface area contributed by atoms with Gasteiger partial charge in [-0.3, -0.25) is 9.20 Å². The van der Waals surface area contributed by atoms with Gasteiger partial charge in [-0.25, -0.2) is 4.98 Å². The summed E-state index contributed by atoms with van der Waals surface area (Å²) in [6, 6.07) is 22.7. The average Bonchev–Trinajstić information content (AvgIpc) is 3.08. The number of carbonyl (C=O) groups excluding carboxylic acids is 1. The third kappa shape index (κ3) is 3.06. The van der Waals surface area contributed by atoms with Gasteiger partial charge < -0.3 is 5.32 Å². The lowest BCUT2D eigenvalue weighted by Crippen LogP contribution is -2.13. The molecule has 25 heavy (non-hydrogen) atoms. The van der Waals surface area contributed by atoms with E-state index < -0.39 is 0 Å². The summed E-state index contributed by atoms with van der Waals surface area (Å²) in [7, 11) is 0. The van der Waals surface area contributed by atoms with Gasteiger partial charge in [-0.05, 0) is 46.3 Å². The Morgan fingerprint density at radius 1 is 0.920 bits per heavy atom. The van der Waals surface area contributed by atoms with E-state index in [1.807, 2.05) is 83.4 Å². The van der Waals surface area contributed by atoms with Crippen molar-refractivity contribution in [3.63, 3.8) is 0 Å². The number of benzene rings is 2. The van der Waals surface area contributed by atoms with E-state index in [0.29, 0.717) is 5.56 Å². The van der Waals surface area contributed by atoms with Crippen LogP contribution in [0.5, 0.6) is 0 Å². The second-order valence-corrected chi connectivity index (χ2v) is 6.38. The van der Waals surface area contributed by atoms with E-state index in [1.54, 1.807) is 0 Å². The highest BCUT2D eigenvalue weighted by molar-refractivity contribution is 9.10. The number of halogens is 1. The summed E-state index contributed by atoms with van der Waals surface area (Å²) in [6.07, 6.45) is 1.92. The van der Waals surface area contributed by atoms with E-state index in [4.69, 9.17) is 0 Å². The topological polar surface area (TPSA) is 46.4 Å². The molecule has 0 fully saturated rings. The Hall–Kier alpha value is -2.92. The number of rotatable bonds is 3. The SMILES string of the molecule is O=C(Nc1ccccc1)c1ccccc1-c1cn2c(Br)cccc2n1. The summed E-state index contributed by atoms with van der Waals surface area (Å²) in [5, 5.41) is 2.93. The number of imidazole rings is 1. The van der Waals surface area contributed by atoms with E-state index in [0.717, 1.165) is 27.2 Å². The molecule has 1 amide bonds. The maximum absolute atomic E-state index is 12.7. The van der Waals surface area contributed by atoms with Gasteiger partial charge in [0, 0.05) is 23.0 Å². The fourth-order valence-corrected chi connectivity index (χ4v) is 3.17. The Labute approximate surface area is 153 Å². The lowest BCUT2D eigenvalue weighted by Gasteiger charge is -2.08. The minimum Gasteiger partial charge on any atom is -0.322 e. The minimum atomic E-state index is -0.155. The predicted octanol–water partition coefficient (Wildman–Crippen LogP) is 5.02. The predicted molar refractivity (Wildman–Crippen MR) is 103 cm³/mol. The molecule has 0 atom stereocenters. The summed E-state index contributed by atoms with van der Waals surface area (Å²) >= 11 is 3.52. The number of carbonyl (C=O) groups is 1. The molecular weight excluding hydrogens is 378 g/mol. The average molecular weight is 392 g/mol. The number of hydrogen-bond acceptors (Lipinski definition) is 2. The van der Waals surface area contributed by atoms with Crippen LogP contribution in [0.4, 0.5) is 5.69 Å². The van der Waals surface area contributed by atoms with Crippen LogP contribution in [0, 0.1) is 0 Å². The largest absolute Gasteiger partial charge is 0.322 e. The van der Waals surface area contributed by atoms with Crippen molar-refractivity contribution in [3.05, 3.63) is 89.2 Å². The van der Waals surface area contributed by atoms with Crippen LogP contribution in [0.25, 0.3) is 16.9 Å². The van der Waals surface area contributed by atoms with E-state index in [2.05, 4.69) is 26.2 Å². The van der Waals surface area contributed by atoms with Crippen molar-refractivity contribution in [1.29, 1.82) is 0 Å². The number of pyridine rings is 1. The fraction of sp³-hybridized carbons (Fsp3) is 0. The van der Waals surface area contributed by atoms with Crippen LogP contribution in [0.3, 0.4) is 0 Å². The molecule has 0 aliphatic heterocycles.